The van der Waals surface area contributed by atoms with Crippen LogP contribution >= 0.6 is 0 Å². The maximum absolute atomic E-state index is 10.4. The average molecular weight is 306 g/mol. The molecule has 0 radical (unpaired) electrons. The molecular formula is C9H11BF3KO5. The molecule has 0 aliphatic carbocycles. The van der Waals surface area contributed by atoms with Crippen LogP contribution in [0.5, 0.6) is 5.75 Å². The molecule has 0 N–H and O–H groups in total. The SMILES string of the molecule is FOB(OF)OF.[CH2-]OCc1ccc(OC)cc1.[K+]. The first-order valence-corrected chi connectivity index (χ1v) is 4.53. The van der Waals surface area contributed by atoms with Crippen LogP contribution in [-0.2, 0) is 25.9 Å². The zero-order valence-corrected chi connectivity index (χ0v) is 13.6. The van der Waals surface area contributed by atoms with Crippen molar-refractivity contribution in [3.8, 4) is 5.75 Å². The van der Waals surface area contributed by atoms with E-state index < -0.39 is 7.32 Å². The number of hydrogen-bond donors (Lipinski definition) is 0. The third-order valence-corrected chi connectivity index (χ3v) is 1.65. The zero-order chi connectivity index (χ0) is 13.8. The van der Waals surface area contributed by atoms with Crippen LogP contribution in [0.1, 0.15) is 5.56 Å². The quantitative estimate of drug-likeness (QED) is 0.533. The van der Waals surface area contributed by atoms with Gasteiger partial charge in [0.15, 0.2) is 0 Å². The molecule has 1 aromatic rings. The van der Waals surface area contributed by atoms with Gasteiger partial charge in [0.05, 0.1) is 7.11 Å². The van der Waals surface area contributed by atoms with Crippen molar-refractivity contribution in [1.29, 1.82) is 0 Å². The van der Waals surface area contributed by atoms with E-state index in [1.807, 2.05) is 24.3 Å². The predicted octanol–water partition coefficient (Wildman–Crippen LogP) is -0.318. The smallest absolute Gasteiger partial charge is 0.552 e. The number of rotatable bonds is 6. The molecule has 0 aliphatic heterocycles. The van der Waals surface area contributed by atoms with Gasteiger partial charge in [-0.1, -0.05) is 25.7 Å². The van der Waals surface area contributed by atoms with Gasteiger partial charge in [0, 0.05) is 6.61 Å². The summed E-state index contributed by atoms with van der Waals surface area (Å²) in [6, 6.07) is 7.69. The van der Waals surface area contributed by atoms with E-state index in [9.17, 15) is 13.6 Å². The summed E-state index contributed by atoms with van der Waals surface area (Å²) < 4.78 is 41.0. The molecule has 10 heteroatoms. The Balaban J connectivity index is 0. The Morgan fingerprint density at radius 2 is 1.53 bits per heavy atom. The minimum absolute atomic E-state index is 0. The first kappa shape index (κ1) is 21.6. The van der Waals surface area contributed by atoms with Crippen LogP contribution in [0.3, 0.4) is 0 Å². The number of benzene rings is 1. The van der Waals surface area contributed by atoms with Gasteiger partial charge in [-0.2, -0.15) is 14.6 Å². The van der Waals surface area contributed by atoms with E-state index in [1.165, 1.54) is 0 Å². The van der Waals surface area contributed by atoms with E-state index in [4.69, 9.17) is 9.47 Å². The molecule has 0 bridgehead atoms. The van der Waals surface area contributed by atoms with Crippen molar-refractivity contribution in [1.82, 2.24) is 0 Å². The normalized spacial score (nSPS) is 8.89. The summed E-state index contributed by atoms with van der Waals surface area (Å²) in [5.74, 6) is 0.859. The van der Waals surface area contributed by atoms with Crippen molar-refractivity contribution >= 4 is 7.32 Å². The molecular weight excluding hydrogens is 295 g/mol. The Kier molecular flexibility index (Phi) is 16.8. The fourth-order valence-corrected chi connectivity index (χ4v) is 0.881. The van der Waals surface area contributed by atoms with Crippen LogP contribution in [0, 0.1) is 7.11 Å². The second-order valence-electron chi connectivity index (χ2n) is 2.75. The second kappa shape index (κ2) is 14.8. The number of hydrogen-bond acceptors (Lipinski definition) is 5. The molecule has 0 spiro atoms. The monoisotopic (exact) mass is 306 g/mol. The zero-order valence-electron chi connectivity index (χ0n) is 10.5. The largest absolute Gasteiger partial charge is 1.00 e. The van der Waals surface area contributed by atoms with Gasteiger partial charge in [0.2, 0.25) is 0 Å². The van der Waals surface area contributed by atoms with Gasteiger partial charge in [-0.3, -0.25) is 0 Å². The molecule has 102 valence electrons. The molecule has 1 rings (SSSR count). The Bertz CT molecular complexity index is 297. The van der Waals surface area contributed by atoms with E-state index in [0.29, 0.717) is 6.61 Å². The van der Waals surface area contributed by atoms with E-state index in [-0.39, 0.29) is 51.4 Å². The van der Waals surface area contributed by atoms with Crippen molar-refractivity contribution in [3.05, 3.63) is 36.9 Å². The number of ether oxygens (including phenoxy) is 2. The fourth-order valence-electron chi connectivity index (χ4n) is 0.881. The van der Waals surface area contributed by atoms with Gasteiger partial charge in [0.25, 0.3) is 0 Å². The molecule has 19 heavy (non-hydrogen) atoms. The molecule has 1 aromatic carbocycles. The Hall–Kier alpha value is 0.351. The molecule has 0 fully saturated rings. The van der Waals surface area contributed by atoms with Crippen LogP contribution < -0.4 is 56.1 Å². The minimum Gasteiger partial charge on any atom is -0.552 e. The Morgan fingerprint density at radius 1 is 1.05 bits per heavy atom. The van der Waals surface area contributed by atoms with Gasteiger partial charge in [-0.05, 0) is 17.7 Å². The van der Waals surface area contributed by atoms with Crippen LogP contribution in [0.15, 0.2) is 24.3 Å². The van der Waals surface area contributed by atoms with Gasteiger partial charge < -0.3 is 9.47 Å². The Morgan fingerprint density at radius 3 is 1.79 bits per heavy atom. The molecule has 0 aromatic heterocycles. The summed E-state index contributed by atoms with van der Waals surface area (Å²) in [6.07, 6.45) is 0. The standard InChI is InChI=1S/C9H11O2.BF3O3.K/c1-10-7-8-3-5-9(11-2)6-4-8;2-5-1(6-3)7-4;/h3-6H,1,7H2,2H3;;/q-1;;+1. The predicted molar refractivity (Wildman–Crippen MR) is 55.5 cm³/mol. The second-order valence-corrected chi connectivity index (χ2v) is 2.75. The fraction of sp³-hybridized carbons (Fsp3) is 0.222. The van der Waals surface area contributed by atoms with Crippen LogP contribution in [0.4, 0.5) is 13.6 Å². The molecule has 0 atom stereocenters. The van der Waals surface area contributed by atoms with E-state index in [0.717, 1.165) is 11.3 Å². The molecule has 0 heterocycles. The van der Waals surface area contributed by atoms with Crippen molar-refractivity contribution in [2.45, 2.75) is 6.61 Å². The van der Waals surface area contributed by atoms with E-state index >= 15 is 0 Å². The topological polar surface area (TPSA) is 46.2 Å². The maximum atomic E-state index is 10.4. The van der Waals surface area contributed by atoms with Gasteiger partial charge >= 0.3 is 58.7 Å². The molecule has 5 nitrogen and oxygen atoms in total. The van der Waals surface area contributed by atoms with Crippen LogP contribution in [0.25, 0.3) is 0 Å². The van der Waals surface area contributed by atoms with Gasteiger partial charge in [-0.25, -0.2) is 7.11 Å². The summed E-state index contributed by atoms with van der Waals surface area (Å²) in [7, 11) is 2.42. The summed E-state index contributed by atoms with van der Waals surface area (Å²) in [5.41, 5.74) is 1.10. The third kappa shape index (κ3) is 10.8. The van der Waals surface area contributed by atoms with Crippen molar-refractivity contribution < 1.29 is 89.0 Å². The van der Waals surface area contributed by atoms with E-state index in [2.05, 4.69) is 21.7 Å². The summed E-state index contributed by atoms with van der Waals surface area (Å²) >= 11 is 0. The third-order valence-electron chi connectivity index (χ3n) is 1.65. The van der Waals surface area contributed by atoms with Crippen LogP contribution in [0.2, 0.25) is 0 Å². The van der Waals surface area contributed by atoms with Crippen molar-refractivity contribution in [2.24, 2.45) is 0 Å². The molecule has 0 amide bonds. The summed E-state index contributed by atoms with van der Waals surface area (Å²) in [6.45, 7) is 0.546. The minimum atomic E-state index is -2.51. The van der Waals surface area contributed by atoms with E-state index in [1.54, 1.807) is 7.11 Å². The summed E-state index contributed by atoms with van der Waals surface area (Å²) in [5, 5.41) is 0. The van der Waals surface area contributed by atoms with Gasteiger partial charge in [-0.15, -0.1) is 0 Å². The van der Waals surface area contributed by atoms with Crippen LogP contribution in [-0.4, -0.2) is 14.4 Å². The average Bonchev–Trinajstić information content (AvgIpc) is 2.43. The van der Waals surface area contributed by atoms with Crippen molar-refractivity contribution in [3.63, 3.8) is 0 Å². The van der Waals surface area contributed by atoms with Gasteiger partial charge in [0.1, 0.15) is 5.75 Å². The number of methoxy groups -OCH3 is 1. The first-order valence-electron chi connectivity index (χ1n) is 4.53. The molecule has 0 aliphatic rings. The molecule has 0 unspecified atom stereocenters. The summed E-state index contributed by atoms with van der Waals surface area (Å²) in [4.78, 5) is 7.06. The molecule has 0 saturated heterocycles. The number of halogens is 3. The first-order chi connectivity index (χ1) is 8.71. The maximum Gasteiger partial charge on any atom is 1.00 e. The molecule has 0 saturated carbocycles. The van der Waals surface area contributed by atoms with Crippen molar-refractivity contribution in [2.75, 3.05) is 7.11 Å². The Labute approximate surface area is 151 Å².